The van der Waals surface area contributed by atoms with Crippen LogP contribution in [0.3, 0.4) is 0 Å². The summed E-state index contributed by atoms with van der Waals surface area (Å²) in [6, 6.07) is 10.9. The van der Waals surface area contributed by atoms with E-state index in [1.165, 1.54) is 18.2 Å². The van der Waals surface area contributed by atoms with E-state index < -0.39 is 0 Å². The molecule has 1 aliphatic rings. The van der Waals surface area contributed by atoms with E-state index in [1.807, 2.05) is 18.7 Å². The molecule has 0 saturated carbocycles. The molecule has 0 bridgehead atoms. The number of H-pyrrole nitrogens is 1. The van der Waals surface area contributed by atoms with E-state index in [0.29, 0.717) is 22.8 Å². The van der Waals surface area contributed by atoms with Gasteiger partial charge >= 0.3 is 0 Å². The summed E-state index contributed by atoms with van der Waals surface area (Å²) >= 11 is 0. The normalized spacial score (nSPS) is 13.3. The van der Waals surface area contributed by atoms with Gasteiger partial charge in [-0.1, -0.05) is 20.0 Å². The fourth-order valence-electron chi connectivity index (χ4n) is 3.62. The van der Waals surface area contributed by atoms with Crippen LogP contribution in [0.5, 0.6) is 0 Å². The Balaban J connectivity index is 0.00000256. The standard InChI is InChI=1S/C22H20FN4O2.Fe/c1-13(2)17-11-15(23)6-7-19(17)26-12-27(18-8-9-20(28)25-14(18)3)22(29)16-5-4-10-24-21(16)26;/h4-9,11,13H,12H2,1-3H3,(H,25,28);/q-1;. The number of pyridine rings is 2. The number of aromatic amines is 1. The Labute approximate surface area is 184 Å². The number of carbonyl (C=O) groups excluding carboxylic acids is 1. The first-order chi connectivity index (χ1) is 13.9. The van der Waals surface area contributed by atoms with Gasteiger partial charge in [0.05, 0.1) is 12.4 Å². The van der Waals surface area contributed by atoms with E-state index in [0.717, 1.165) is 11.3 Å². The average Bonchev–Trinajstić information content (AvgIpc) is 2.69. The smallest absolute Gasteiger partial charge is 0.248 e. The molecule has 0 spiro atoms. The number of nitrogens with one attached hydrogen (secondary N) is 1. The molecule has 1 amide bonds. The SMILES string of the molecule is Cc1[nH]c(=O)ccc1N1CN(c2ccc(F)cc2C(C)C)c2n[c-]ccc2C1=O.[Fe]. The number of fused-ring (bicyclic) bond motifs is 1. The van der Waals surface area contributed by atoms with Crippen LogP contribution in [0.1, 0.15) is 41.4 Å². The summed E-state index contributed by atoms with van der Waals surface area (Å²) < 4.78 is 13.9. The van der Waals surface area contributed by atoms with Gasteiger partial charge in [0.2, 0.25) is 11.5 Å². The summed E-state index contributed by atoms with van der Waals surface area (Å²) in [5.74, 6) is 0.00913. The van der Waals surface area contributed by atoms with Gasteiger partial charge in [-0.3, -0.25) is 14.5 Å². The van der Waals surface area contributed by atoms with Gasteiger partial charge in [0.1, 0.15) is 5.82 Å². The summed E-state index contributed by atoms with van der Waals surface area (Å²) in [7, 11) is 0. The van der Waals surface area contributed by atoms with Crippen molar-refractivity contribution in [2.75, 3.05) is 16.5 Å². The zero-order valence-electron chi connectivity index (χ0n) is 16.7. The molecule has 3 heterocycles. The van der Waals surface area contributed by atoms with Crippen molar-refractivity contribution in [3.8, 4) is 0 Å². The van der Waals surface area contributed by atoms with Crippen molar-refractivity contribution in [1.82, 2.24) is 9.97 Å². The van der Waals surface area contributed by atoms with Crippen LogP contribution in [0.2, 0.25) is 0 Å². The van der Waals surface area contributed by atoms with Crippen molar-refractivity contribution in [3.63, 3.8) is 0 Å². The van der Waals surface area contributed by atoms with Gasteiger partial charge in [-0.2, -0.15) is 12.1 Å². The molecule has 0 atom stereocenters. The molecule has 3 aromatic rings. The summed E-state index contributed by atoms with van der Waals surface area (Å²) in [6.07, 6.45) is 2.79. The third-order valence-electron chi connectivity index (χ3n) is 5.03. The first-order valence-electron chi connectivity index (χ1n) is 9.32. The van der Waals surface area contributed by atoms with Crippen molar-refractivity contribution in [3.05, 3.63) is 81.7 Å². The maximum atomic E-state index is 13.9. The molecule has 0 aliphatic carbocycles. The molecular weight excluding hydrogens is 427 g/mol. The van der Waals surface area contributed by atoms with Gasteiger partial charge in [-0.25, -0.2) is 4.39 Å². The zero-order chi connectivity index (χ0) is 20.7. The van der Waals surface area contributed by atoms with E-state index in [9.17, 15) is 14.0 Å². The monoisotopic (exact) mass is 447 g/mol. The number of nitrogens with zero attached hydrogens (tertiary/aromatic N) is 3. The summed E-state index contributed by atoms with van der Waals surface area (Å²) in [6.45, 7) is 5.90. The van der Waals surface area contributed by atoms with Crippen LogP contribution in [-0.4, -0.2) is 22.5 Å². The molecule has 0 radical (unpaired) electrons. The molecule has 156 valence electrons. The second-order valence-electron chi connectivity index (χ2n) is 7.30. The Kier molecular flexibility index (Phi) is 6.10. The zero-order valence-corrected chi connectivity index (χ0v) is 17.8. The van der Waals surface area contributed by atoms with Crippen molar-refractivity contribution in [1.29, 1.82) is 0 Å². The average molecular weight is 447 g/mol. The van der Waals surface area contributed by atoms with Gasteiger partial charge in [0.15, 0.2) is 0 Å². The number of amides is 1. The van der Waals surface area contributed by atoms with Crippen molar-refractivity contribution in [2.45, 2.75) is 26.7 Å². The van der Waals surface area contributed by atoms with E-state index in [2.05, 4.69) is 16.2 Å². The first kappa shape index (κ1) is 21.7. The Hall–Kier alpha value is -2.96. The molecule has 6 nitrogen and oxygen atoms in total. The topological polar surface area (TPSA) is 69.3 Å². The number of aromatic nitrogens is 2. The van der Waals surface area contributed by atoms with Gasteiger partial charge < -0.3 is 14.9 Å². The predicted octanol–water partition coefficient (Wildman–Crippen LogP) is 3.89. The number of hydrogen-bond acceptors (Lipinski definition) is 4. The minimum absolute atomic E-state index is 0. The fourth-order valence-corrected chi connectivity index (χ4v) is 3.62. The quantitative estimate of drug-likeness (QED) is 0.489. The van der Waals surface area contributed by atoms with Crippen LogP contribution >= 0.6 is 0 Å². The number of anilines is 3. The number of carbonyl (C=O) groups is 1. The van der Waals surface area contributed by atoms with Crippen LogP contribution in [0.4, 0.5) is 21.6 Å². The molecule has 1 aromatic carbocycles. The number of halogens is 1. The fraction of sp³-hybridized carbons (Fsp3) is 0.227. The van der Waals surface area contributed by atoms with E-state index in [1.54, 1.807) is 36.1 Å². The number of rotatable bonds is 3. The maximum absolute atomic E-state index is 13.9. The molecule has 2 aromatic heterocycles. The third-order valence-corrected chi connectivity index (χ3v) is 5.03. The van der Waals surface area contributed by atoms with Crippen LogP contribution in [0, 0.1) is 18.9 Å². The Morgan fingerprint density at radius 1 is 1.10 bits per heavy atom. The Morgan fingerprint density at radius 2 is 1.83 bits per heavy atom. The van der Waals surface area contributed by atoms with Crippen molar-refractivity contribution >= 4 is 23.1 Å². The summed E-state index contributed by atoms with van der Waals surface area (Å²) in [5, 5.41) is 0. The Bertz CT molecular complexity index is 1160. The van der Waals surface area contributed by atoms with Crippen molar-refractivity contribution < 1.29 is 26.3 Å². The van der Waals surface area contributed by atoms with Gasteiger partial charge in [0.25, 0.3) is 0 Å². The molecule has 4 rings (SSSR count). The molecule has 1 N–H and O–H groups in total. The van der Waals surface area contributed by atoms with E-state index in [4.69, 9.17) is 0 Å². The minimum atomic E-state index is -0.313. The van der Waals surface area contributed by atoms with Crippen molar-refractivity contribution in [2.24, 2.45) is 0 Å². The van der Waals surface area contributed by atoms with Crippen LogP contribution in [-0.2, 0) is 17.1 Å². The second-order valence-corrected chi connectivity index (χ2v) is 7.30. The van der Waals surface area contributed by atoms with Crippen LogP contribution in [0.25, 0.3) is 0 Å². The molecule has 0 unspecified atom stereocenters. The Morgan fingerprint density at radius 3 is 2.53 bits per heavy atom. The summed E-state index contributed by atoms with van der Waals surface area (Å²) in [4.78, 5) is 35.3. The molecular formula is C22H20FFeN4O2-. The molecule has 0 saturated heterocycles. The molecule has 1 aliphatic heterocycles. The van der Waals surface area contributed by atoms with E-state index in [-0.39, 0.29) is 46.9 Å². The van der Waals surface area contributed by atoms with Gasteiger partial charge in [-0.05, 0) is 48.2 Å². The maximum Gasteiger partial charge on any atom is 0.248 e. The van der Waals surface area contributed by atoms with Crippen LogP contribution in [0.15, 0.2) is 47.3 Å². The third kappa shape index (κ3) is 3.76. The number of hydrogen-bond donors (Lipinski definition) is 1. The second kappa shape index (κ2) is 8.42. The molecule has 0 fully saturated rings. The van der Waals surface area contributed by atoms with Crippen LogP contribution < -0.4 is 15.4 Å². The number of aryl methyl sites for hydroxylation is 1. The molecule has 8 heteroatoms. The predicted molar refractivity (Wildman–Crippen MR) is 109 cm³/mol. The minimum Gasteiger partial charge on any atom is -0.370 e. The van der Waals surface area contributed by atoms with Gasteiger partial charge in [0, 0.05) is 40.3 Å². The largest absolute Gasteiger partial charge is 0.370 e. The summed E-state index contributed by atoms with van der Waals surface area (Å²) in [5.41, 5.74) is 2.96. The van der Waals surface area contributed by atoms with Gasteiger partial charge in [-0.15, -0.1) is 0 Å². The first-order valence-corrected chi connectivity index (χ1v) is 9.32. The number of benzene rings is 1. The molecule has 30 heavy (non-hydrogen) atoms. The van der Waals surface area contributed by atoms with E-state index >= 15 is 0 Å².